The number of nitrogens with two attached hydrogens (primary N) is 1. The van der Waals surface area contributed by atoms with Crippen molar-refractivity contribution in [1.82, 2.24) is 19.0 Å². The third kappa shape index (κ3) is 4.46. The van der Waals surface area contributed by atoms with Gasteiger partial charge in [0.25, 0.3) is 11.8 Å². The van der Waals surface area contributed by atoms with E-state index in [4.69, 9.17) is 5.73 Å². The van der Waals surface area contributed by atoms with Gasteiger partial charge >= 0.3 is 0 Å². The molecule has 4 rings (SSSR count). The van der Waals surface area contributed by atoms with Gasteiger partial charge in [0, 0.05) is 12.6 Å². The number of benzene rings is 2. The quantitative estimate of drug-likeness (QED) is 0.432. The van der Waals surface area contributed by atoms with E-state index >= 15 is 0 Å². The second kappa shape index (κ2) is 8.80. The fraction of sp³-hybridized carbons (Fsp3) is 0.0909. The average molecular weight is 431 g/mol. The summed E-state index contributed by atoms with van der Waals surface area (Å²) in [5, 5.41) is 4.62. The molecule has 0 spiro atoms. The number of carbonyl (C=O) groups excluding carboxylic acids is 3. The zero-order valence-corrected chi connectivity index (χ0v) is 17.0. The minimum absolute atomic E-state index is 0.0319. The number of pyridine rings is 1. The number of amides is 2. The molecule has 0 radical (unpaired) electrons. The van der Waals surface area contributed by atoms with E-state index in [1.165, 1.54) is 0 Å². The van der Waals surface area contributed by atoms with Crippen molar-refractivity contribution in [2.75, 3.05) is 0 Å². The number of nitrogens with zero attached hydrogens (tertiary/aromatic N) is 3. The van der Waals surface area contributed by atoms with Crippen LogP contribution in [0.2, 0.25) is 0 Å². The number of nitrogens with one attached hydrogen (secondary N) is 1. The third-order valence-electron chi connectivity index (χ3n) is 4.73. The first kappa shape index (κ1) is 20.3. The number of fused-ring (bicyclic) bond motifs is 1. The first-order chi connectivity index (χ1) is 15.0. The molecule has 1 unspecified atom stereocenters. The van der Waals surface area contributed by atoms with Crippen LogP contribution < -0.4 is 11.1 Å². The predicted octanol–water partition coefficient (Wildman–Crippen LogP) is 2.15. The van der Waals surface area contributed by atoms with E-state index in [0.29, 0.717) is 11.4 Å². The fourth-order valence-electron chi connectivity index (χ4n) is 3.22. The van der Waals surface area contributed by atoms with Crippen LogP contribution in [0.25, 0.3) is 22.2 Å². The van der Waals surface area contributed by atoms with Crippen LogP contribution in [0.4, 0.5) is 0 Å². The Bertz CT molecular complexity index is 1270. The van der Waals surface area contributed by atoms with Crippen LogP contribution in [0.1, 0.15) is 16.1 Å². The average Bonchev–Trinajstić information content (AvgIpc) is 3.29. The van der Waals surface area contributed by atoms with Gasteiger partial charge in [-0.1, -0.05) is 48.5 Å². The summed E-state index contributed by atoms with van der Waals surface area (Å²) < 4.78 is 8.19. The molecule has 0 aliphatic heterocycles. The van der Waals surface area contributed by atoms with Crippen LogP contribution >= 0.6 is 11.7 Å². The van der Waals surface area contributed by atoms with Gasteiger partial charge in [-0.05, 0) is 28.5 Å². The van der Waals surface area contributed by atoms with Crippen molar-refractivity contribution in [3.05, 3.63) is 78.1 Å². The molecule has 9 heteroatoms. The lowest BCUT2D eigenvalue weighted by Crippen LogP contribution is -2.47. The number of Topliss-reactive ketones (excluding diaryl/α,β-unsaturated/α-hetero) is 1. The number of aromatic nitrogens is 3. The topological polar surface area (TPSA) is 128 Å². The van der Waals surface area contributed by atoms with Crippen LogP contribution in [-0.4, -0.2) is 37.4 Å². The smallest absolute Gasteiger partial charge is 0.287 e. The van der Waals surface area contributed by atoms with E-state index in [9.17, 15) is 14.4 Å². The Balaban J connectivity index is 1.60. The Hall–Kier alpha value is -3.98. The molecule has 2 aromatic carbocycles. The summed E-state index contributed by atoms with van der Waals surface area (Å²) in [5.74, 6) is -2.63. The van der Waals surface area contributed by atoms with Crippen molar-refractivity contribution in [3.63, 3.8) is 0 Å². The number of hydrogen-bond acceptors (Lipinski definition) is 7. The van der Waals surface area contributed by atoms with E-state index < -0.39 is 23.6 Å². The summed E-state index contributed by atoms with van der Waals surface area (Å²) in [4.78, 5) is 41.1. The summed E-state index contributed by atoms with van der Waals surface area (Å²) in [6.45, 7) is 0. The lowest BCUT2D eigenvalue weighted by Gasteiger charge is -2.16. The van der Waals surface area contributed by atoms with Gasteiger partial charge in [-0.25, -0.2) is 0 Å². The van der Waals surface area contributed by atoms with Crippen molar-refractivity contribution in [2.24, 2.45) is 5.73 Å². The molecule has 0 aliphatic rings. The second-order valence-corrected chi connectivity index (χ2v) is 7.35. The molecular weight excluding hydrogens is 414 g/mol. The van der Waals surface area contributed by atoms with Crippen LogP contribution in [0, 0.1) is 0 Å². The van der Waals surface area contributed by atoms with Gasteiger partial charge < -0.3 is 11.1 Å². The molecule has 0 fully saturated rings. The van der Waals surface area contributed by atoms with E-state index in [1.54, 1.807) is 24.4 Å². The Morgan fingerprint density at radius 3 is 2.48 bits per heavy atom. The second-order valence-electron chi connectivity index (χ2n) is 6.82. The number of primary amides is 1. The molecule has 3 N–H and O–H groups in total. The minimum Gasteiger partial charge on any atom is -0.363 e. The van der Waals surface area contributed by atoms with E-state index in [1.807, 2.05) is 42.5 Å². The maximum Gasteiger partial charge on any atom is 0.287 e. The van der Waals surface area contributed by atoms with E-state index in [-0.39, 0.29) is 12.1 Å². The van der Waals surface area contributed by atoms with Crippen molar-refractivity contribution < 1.29 is 14.4 Å². The monoisotopic (exact) mass is 431 g/mol. The number of hydrogen-bond donors (Lipinski definition) is 2. The van der Waals surface area contributed by atoms with Gasteiger partial charge in [0.05, 0.1) is 17.4 Å². The summed E-state index contributed by atoms with van der Waals surface area (Å²) >= 11 is 0.859. The lowest BCUT2D eigenvalue weighted by molar-refractivity contribution is -0.137. The molecular formula is C22H17N5O3S. The van der Waals surface area contributed by atoms with Gasteiger partial charge in [-0.2, -0.15) is 8.75 Å². The maximum absolute atomic E-state index is 12.9. The highest BCUT2D eigenvalue weighted by atomic mass is 32.1. The molecule has 8 nitrogen and oxygen atoms in total. The zero-order valence-electron chi connectivity index (χ0n) is 16.2. The number of ketones is 1. The van der Waals surface area contributed by atoms with Crippen LogP contribution in [0.3, 0.4) is 0 Å². The zero-order chi connectivity index (χ0) is 21.8. The Labute approximate surface area is 181 Å². The van der Waals surface area contributed by atoms with Crippen molar-refractivity contribution in [1.29, 1.82) is 0 Å². The van der Waals surface area contributed by atoms with Crippen LogP contribution in [-0.2, 0) is 16.0 Å². The summed E-state index contributed by atoms with van der Waals surface area (Å²) in [6, 6.07) is 17.5. The molecule has 4 aromatic rings. The molecule has 154 valence electrons. The van der Waals surface area contributed by atoms with Gasteiger partial charge in [0.15, 0.2) is 5.69 Å². The number of carbonyl (C=O) groups is 3. The molecule has 2 aromatic heterocycles. The predicted molar refractivity (Wildman–Crippen MR) is 116 cm³/mol. The maximum atomic E-state index is 12.9. The molecule has 1 atom stereocenters. The molecule has 2 heterocycles. The van der Waals surface area contributed by atoms with Gasteiger partial charge in [-0.3, -0.25) is 19.4 Å². The molecule has 2 amide bonds. The fourth-order valence-corrected chi connectivity index (χ4v) is 3.77. The normalized spacial score (nSPS) is 11.7. The van der Waals surface area contributed by atoms with Gasteiger partial charge in [0.1, 0.15) is 11.7 Å². The van der Waals surface area contributed by atoms with E-state index in [0.717, 1.165) is 28.1 Å². The first-order valence-electron chi connectivity index (χ1n) is 9.39. The van der Waals surface area contributed by atoms with Crippen molar-refractivity contribution >= 4 is 40.1 Å². The summed E-state index contributed by atoms with van der Waals surface area (Å²) in [6.07, 6.45) is 1.68. The standard InChI is InChI=1S/C22H17N5O3S/c23-21(29)20(28)17(12-13-8-9-14-5-1-2-6-15(14)11-13)25-22(30)19-18(26-31-27-19)16-7-3-4-10-24-16/h1-11,17H,12H2,(H2,23,29)(H,25,30). The van der Waals surface area contributed by atoms with E-state index in [2.05, 4.69) is 19.0 Å². The van der Waals surface area contributed by atoms with Gasteiger partial charge in [0.2, 0.25) is 5.78 Å². The Morgan fingerprint density at radius 2 is 1.74 bits per heavy atom. The molecule has 31 heavy (non-hydrogen) atoms. The molecule has 0 saturated carbocycles. The molecule has 0 bridgehead atoms. The molecule has 0 saturated heterocycles. The van der Waals surface area contributed by atoms with Gasteiger partial charge in [-0.15, -0.1) is 0 Å². The van der Waals surface area contributed by atoms with Crippen LogP contribution in [0.5, 0.6) is 0 Å². The van der Waals surface area contributed by atoms with Crippen molar-refractivity contribution in [3.8, 4) is 11.4 Å². The Kier molecular flexibility index (Phi) is 5.76. The minimum atomic E-state index is -1.13. The molecule has 0 aliphatic carbocycles. The highest BCUT2D eigenvalue weighted by Gasteiger charge is 2.28. The highest BCUT2D eigenvalue weighted by molar-refractivity contribution is 6.99. The van der Waals surface area contributed by atoms with Crippen molar-refractivity contribution in [2.45, 2.75) is 12.5 Å². The van der Waals surface area contributed by atoms with Crippen LogP contribution in [0.15, 0.2) is 66.9 Å². The largest absolute Gasteiger partial charge is 0.363 e. The highest BCUT2D eigenvalue weighted by Crippen LogP contribution is 2.20. The third-order valence-corrected chi connectivity index (χ3v) is 5.26. The summed E-state index contributed by atoms with van der Waals surface area (Å²) in [7, 11) is 0. The SMILES string of the molecule is NC(=O)C(=O)C(Cc1ccc2ccccc2c1)NC(=O)c1nsnc1-c1ccccn1. The summed E-state index contributed by atoms with van der Waals surface area (Å²) in [5.41, 5.74) is 6.82. The number of rotatable bonds is 7. The first-order valence-corrected chi connectivity index (χ1v) is 10.1. The lowest BCUT2D eigenvalue weighted by atomic mass is 9.99. The Morgan fingerprint density at radius 1 is 0.968 bits per heavy atom.